The Hall–Kier alpha value is -3.09. The van der Waals surface area contributed by atoms with Crippen LogP contribution in [0.2, 0.25) is 0 Å². The van der Waals surface area contributed by atoms with Gasteiger partial charge < -0.3 is 9.30 Å². The predicted octanol–water partition coefficient (Wildman–Crippen LogP) is 5.51. The number of nitrogens with zero attached hydrogens (tertiary/aromatic N) is 1. The van der Waals surface area contributed by atoms with E-state index < -0.39 is 11.7 Å². The molecular weight excluding hydrogens is 374 g/mol. The third-order valence-corrected chi connectivity index (χ3v) is 4.35. The van der Waals surface area contributed by atoms with E-state index in [4.69, 9.17) is 4.74 Å². The topological polar surface area (TPSA) is 31.2 Å². The number of benzene rings is 2. The molecule has 0 N–H and O–H groups in total. The number of rotatable bonds is 5. The van der Waals surface area contributed by atoms with Gasteiger partial charge in [-0.05, 0) is 62.4 Å². The SMILES string of the molecule is Cc1cc(C(=O)COc2ccc(C(F)(F)F)cc2)c(C)n1-c1cccc(F)c1. The first kappa shape index (κ1) is 19.7. The van der Waals surface area contributed by atoms with Crippen molar-refractivity contribution in [3.05, 3.63) is 82.9 Å². The Morgan fingerprint density at radius 3 is 2.32 bits per heavy atom. The molecule has 0 aliphatic carbocycles. The first-order valence-corrected chi connectivity index (χ1v) is 8.45. The molecule has 2 aromatic carbocycles. The Labute approximate surface area is 159 Å². The van der Waals surface area contributed by atoms with Crippen LogP contribution in [0, 0.1) is 19.7 Å². The maximum absolute atomic E-state index is 13.5. The highest BCUT2D eigenvalue weighted by molar-refractivity contribution is 5.98. The zero-order valence-electron chi connectivity index (χ0n) is 15.2. The fourth-order valence-corrected chi connectivity index (χ4v) is 3.02. The molecule has 0 fully saturated rings. The van der Waals surface area contributed by atoms with Crippen LogP contribution in [0.5, 0.6) is 5.75 Å². The zero-order chi connectivity index (χ0) is 20.5. The van der Waals surface area contributed by atoms with Crippen molar-refractivity contribution in [3.63, 3.8) is 0 Å². The molecule has 1 heterocycles. The fourth-order valence-electron chi connectivity index (χ4n) is 3.02. The Balaban J connectivity index is 1.76. The quantitative estimate of drug-likeness (QED) is 0.424. The van der Waals surface area contributed by atoms with E-state index in [2.05, 4.69) is 0 Å². The van der Waals surface area contributed by atoms with Crippen LogP contribution in [-0.2, 0) is 6.18 Å². The number of hydrogen-bond donors (Lipinski definition) is 0. The van der Waals surface area contributed by atoms with Crippen LogP contribution in [0.3, 0.4) is 0 Å². The van der Waals surface area contributed by atoms with E-state index in [1.54, 1.807) is 36.6 Å². The molecule has 0 radical (unpaired) electrons. The zero-order valence-corrected chi connectivity index (χ0v) is 15.2. The Morgan fingerprint density at radius 1 is 1.04 bits per heavy atom. The average Bonchev–Trinajstić information content (AvgIpc) is 2.93. The Bertz CT molecular complexity index is 1000. The van der Waals surface area contributed by atoms with Crippen LogP contribution in [-0.4, -0.2) is 17.0 Å². The second-order valence-corrected chi connectivity index (χ2v) is 6.33. The largest absolute Gasteiger partial charge is 0.485 e. The molecule has 0 aliphatic rings. The Morgan fingerprint density at radius 2 is 1.71 bits per heavy atom. The standard InChI is InChI=1S/C21H17F4NO2/c1-13-10-19(14(2)26(13)17-5-3-4-16(22)11-17)20(27)12-28-18-8-6-15(7-9-18)21(23,24)25/h3-11H,12H2,1-2H3. The average molecular weight is 391 g/mol. The number of ketones is 1. The molecule has 0 amide bonds. The van der Waals surface area contributed by atoms with Crippen molar-refractivity contribution in [1.29, 1.82) is 0 Å². The van der Waals surface area contributed by atoms with Crippen LogP contribution in [0.25, 0.3) is 5.69 Å². The van der Waals surface area contributed by atoms with Gasteiger partial charge in [0.25, 0.3) is 0 Å². The van der Waals surface area contributed by atoms with Gasteiger partial charge in [-0.1, -0.05) is 6.07 Å². The van der Waals surface area contributed by atoms with E-state index in [0.29, 0.717) is 16.9 Å². The number of carbonyl (C=O) groups excluding carboxylic acids is 1. The van der Waals surface area contributed by atoms with Gasteiger partial charge >= 0.3 is 6.18 Å². The molecule has 7 heteroatoms. The number of carbonyl (C=O) groups is 1. The van der Waals surface area contributed by atoms with Crippen LogP contribution in [0.1, 0.15) is 27.3 Å². The van der Waals surface area contributed by atoms with Gasteiger partial charge in [0.05, 0.1) is 5.56 Å². The molecule has 0 spiro atoms. The molecule has 1 aromatic heterocycles. The van der Waals surface area contributed by atoms with Crippen molar-refractivity contribution in [2.45, 2.75) is 20.0 Å². The minimum absolute atomic E-state index is 0.167. The fraction of sp³-hybridized carbons (Fsp3) is 0.190. The predicted molar refractivity (Wildman–Crippen MR) is 96.5 cm³/mol. The van der Waals surface area contributed by atoms with E-state index in [1.807, 2.05) is 0 Å². The lowest BCUT2D eigenvalue weighted by Crippen LogP contribution is -2.13. The van der Waals surface area contributed by atoms with Crippen molar-refractivity contribution in [2.75, 3.05) is 6.61 Å². The van der Waals surface area contributed by atoms with Crippen molar-refractivity contribution in [1.82, 2.24) is 4.57 Å². The van der Waals surface area contributed by atoms with Crippen molar-refractivity contribution in [2.24, 2.45) is 0 Å². The highest BCUT2D eigenvalue weighted by atomic mass is 19.4. The van der Waals surface area contributed by atoms with Crippen LogP contribution < -0.4 is 4.74 Å². The molecule has 0 bridgehead atoms. The lowest BCUT2D eigenvalue weighted by molar-refractivity contribution is -0.137. The third kappa shape index (κ3) is 4.08. The molecule has 0 saturated heterocycles. The first-order chi connectivity index (χ1) is 13.2. The maximum atomic E-state index is 13.5. The number of halogens is 4. The summed E-state index contributed by atoms with van der Waals surface area (Å²) in [4.78, 5) is 12.5. The second kappa shape index (κ2) is 7.50. The summed E-state index contributed by atoms with van der Waals surface area (Å²) in [6.45, 7) is 3.22. The van der Waals surface area contributed by atoms with Crippen molar-refractivity contribution < 1.29 is 27.1 Å². The number of ether oxygens (including phenoxy) is 1. The number of alkyl halides is 3. The summed E-state index contributed by atoms with van der Waals surface area (Å²) in [5.74, 6) is -0.542. The van der Waals surface area contributed by atoms with Gasteiger partial charge in [0, 0.05) is 22.6 Å². The van der Waals surface area contributed by atoms with Gasteiger partial charge in [0.15, 0.2) is 6.61 Å². The van der Waals surface area contributed by atoms with E-state index in [9.17, 15) is 22.4 Å². The molecule has 0 saturated carbocycles. The molecule has 3 rings (SSSR count). The van der Waals surface area contributed by atoms with Gasteiger partial charge in [-0.2, -0.15) is 13.2 Å². The van der Waals surface area contributed by atoms with Crippen molar-refractivity contribution >= 4 is 5.78 Å². The molecule has 28 heavy (non-hydrogen) atoms. The Kier molecular flexibility index (Phi) is 5.27. The minimum atomic E-state index is -4.43. The molecule has 0 atom stereocenters. The van der Waals surface area contributed by atoms with Crippen LogP contribution >= 0.6 is 0 Å². The molecule has 0 unspecified atom stereocenters. The molecule has 0 aliphatic heterocycles. The van der Waals surface area contributed by atoms with Gasteiger partial charge in [-0.15, -0.1) is 0 Å². The van der Waals surface area contributed by atoms with E-state index in [-0.39, 0.29) is 24.0 Å². The summed E-state index contributed by atoms with van der Waals surface area (Å²) in [6.07, 6.45) is -4.43. The molecular formula is C21H17F4NO2. The number of aryl methyl sites for hydroxylation is 1. The summed E-state index contributed by atoms with van der Waals surface area (Å²) in [5.41, 5.74) is 1.60. The molecule has 3 aromatic rings. The molecule has 146 valence electrons. The van der Waals surface area contributed by atoms with Gasteiger partial charge in [-0.25, -0.2) is 4.39 Å². The lowest BCUT2D eigenvalue weighted by Gasteiger charge is -2.10. The maximum Gasteiger partial charge on any atom is 0.416 e. The summed E-state index contributed by atoms with van der Waals surface area (Å²) >= 11 is 0. The minimum Gasteiger partial charge on any atom is -0.485 e. The molecule has 3 nitrogen and oxygen atoms in total. The highest BCUT2D eigenvalue weighted by Gasteiger charge is 2.30. The summed E-state index contributed by atoms with van der Waals surface area (Å²) in [6, 6.07) is 11.8. The summed E-state index contributed by atoms with van der Waals surface area (Å²) in [5, 5.41) is 0. The smallest absolute Gasteiger partial charge is 0.416 e. The number of Topliss-reactive ketones (excluding diaryl/α,β-unsaturated/α-hetero) is 1. The first-order valence-electron chi connectivity index (χ1n) is 8.45. The highest BCUT2D eigenvalue weighted by Crippen LogP contribution is 2.30. The van der Waals surface area contributed by atoms with Crippen molar-refractivity contribution in [3.8, 4) is 11.4 Å². The number of aromatic nitrogens is 1. The van der Waals surface area contributed by atoms with E-state index >= 15 is 0 Å². The van der Waals surface area contributed by atoms with E-state index in [1.165, 1.54) is 24.3 Å². The third-order valence-electron chi connectivity index (χ3n) is 4.35. The number of hydrogen-bond acceptors (Lipinski definition) is 2. The summed E-state index contributed by atoms with van der Waals surface area (Å²) < 4.78 is 58.4. The van der Waals surface area contributed by atoms with Crippen LogP contribution in [0.4, 0.5) is 17.6 Å². The van der Waals surface area contributed by atoms with Gasteiger partial charge in [-0.3, -0.25) is 4.79 Å². The van der Waals surface area contributed by atoms with Crippen LogP contribution in [0.15, 0.2) is 54.6 Å². The summed E-state index contributed by atoms with van der Waals surface area (Å²) in [7, 11) is 0. The monoisotopic (exact) mass is 391 g/mol. The van der Waals surface area contributed by atoms with Gasteiger partial charge in [0.2, 0.25) is 5.78 Å². The van der Waals surface area contributed by atoms with Gasteiger partial charge in [0.1, 0.15) is 11.6 Å². The normalized spacial score (nSPS) is 11.5. The second-order valence-electron chi connectivity index (χ2n) is 6.33. The van der Waals surface area contributed by atoms with E-state index in [0.717, 1.165) is 17.8 Å². The lowest BCUT2D eigenvalue weighted by atomic mass is 10.1.